The highest BCUT2D eigenvalue weighted by atomic mass is 35.5. The van der Waals surface area contributed by atoms with Crippen molar-refractivity contribution in [2.45, 2.75) is 0 Å². The van der Waals surface area contributed by atoms with Gasteiger partial charge in [-0.1, -0.05) is 48.0 Å². The molecule has 97 valence electrons. The van der Waals surface area contributed by atoms with Crippen molar-refractivity contribution in [1.29, 1.82) is 0 Å². The van der Waals surface area contributed by atoms with Crippen LogP contribution in [0, 0.1) is 6.07 Å². The van der Waals surface area contributed by atoms with E-state index in [-0.39, 0.29) is 0 Å². The fourth-order valence-electron chi connectivity index (χ4n) is 1.93. The minimum absolute atomic E-state index is 0.711. The number of hydrogen-bond acceptors (Lipinski definition) is 1. The summed E-state index contributed by atoms with van der Waals surface area (Å²) >= 11 is 5.99. The van der Waals surface area contributed by atoms with Crippen molar-refractivity contribution in [3.8, 4) is 22.6 Å². The molecular weight excluding hydrogens is 268 g/mol. The maximum Gasteiger partial charge on any atom is 0.127 e. The summed E-state index contributed by atoms with van der Waals surface area (Å²) in [6.45, 7) is 0. The van der Waals surface area contributed by atoms with Gasteiger partial charge < -0.3 is 4.74 Å². The van der Waals surface area contributed by atoms with Gasteiger partial charge in [0, 0.05) is 5.02 Å². The largest absolute Gasteiger partial charge is 0.457 e. The fourth-order valence-corrected chi connectivity index (χ4v) is 2.10. The molecular formula is C18H12ClO. The molecule has 1 nitrogen and oxygen atoms in total. The SMILES string of the molecule is Clc1cc[c]c(-c2ccc(Oc3ccccc3)cc2)c1. The van der Waals surface area contributed by atoms with Crippen LogP contribution in [0.4, 0.5) is 0 Å². The average Bonchev–Trinajstić information content (AvgIpc) is 2.49. The van der Waals surface area contributed by atoms with E-state index in [0.29, 0.717) is 5.02 Å². The van der Waals surface area contributed by atoms with Crippen LogP contribution in [0.15, 0.2) is 72.8 Å². The molecule has 0 saturated heterocycles. The summed E-state index contributed by atoms with van der Waals surface area (Å²) in [6.07, 6.45) is 0. The lowest BCUT2D eigenvalue weighted by Crippen LogP contribution is -1.84. The van der Waals surface area contributed by atoms with Gasteiger partial charge in [0.05, 0.1) is 0 Å². The Balaban J connectivity index is 1.81. The summed E-state index contributed by atoms with van der Waals surface area (Å²) in [5.41, 5.74) is 2.04. The van der Waals surface area contributed by atoms with Gasteiger partial charge >= 0.3 is 0 Å². The third-order valence-corrected chi connectivity index (χ3v) is 3.14. The Kier molecular flexibility index (Phi) is 3.71. The first-order valence-electron chi connectivity index (χ1n) is 6.32. The van der Waals surface area contributed by atoms with Crippen LogP contribution in [0.1, 0.15) is 0 Å². The van der Waals surface area contributed by atoms with Crippen molar-refractivity contribution in [3.05, 3.63) is 83.9 Å². The van der Waals surface area contributed by atoms with Gasteiger partial charge in [0.1, 0.15) is 11.5 Å². The Morgan fingerprint density at radius 2 is 1.50 bits per heavy atom. The molecule has 0 fully saturated rings. The highest BCUT2D eigenvalue weighted by Crippen LogP contribution is 2.26. The van der Waals surface area contributed by atoms with E-state index in [1.807, 2.05) is 72.8 Å². The van der Waals surface area contributed by atoms with Crippen LogP contribution in [0.5, 0.6) is 11.5 Å². The molecule has 0 heterocycles. The number of hydrogen-bond donors (Lipinski definition) is 0. The zero-order chi connectivity index (χ0) is 13.8. The normalized spacial score (nSPS) is 10.2. The van der Waals surface area contributed by atoms with Crippen molar-refractivity contribution in [1.82, 2.24) is 0 Å². The van der Waals surface area contributed by atoms with Crippen molar-refractivity contribution >= 4 is 11.6 Å². The topological polar surface area (TPSA) is 9.23 Å². The van der Waals surface area contributed by atoms with Crippen molar-refractivity contribution in [2.75, 3.05) is 0 Å². The van der Waals surface area contributed by atoms with E-state index < -0.39 is 0 Å². The molecule has 0 atom stereocenters. The van der Waals surface area contributed by atoms with Gasteiger partial charge in [0.25, 0.3) is 0 Å². The first-order valence-corrected chi connectivity index (χ1v) is 6.70. The van der Waals surface area contributed by atoms with Gasteiger partial charge in [-0.15, -0.1) is 0 Å². The lowest BCUT2D eigenvalue weighted by atomic mass is 10.1. The lowest BCUT2D eigenvalue weighted by molar-refractivity contribution is 0.483. The summed E-state index contributed by atoms with van der Waals surface area (Å²) in [4.78, 5) is 0. The van der Waals surface area contributed by atoms with Crippen LogP contribution in [-0.4, -0.2) is 0 Å². The molecule has 0 amide bonds. The molecule has 0 bridgehead atoms. The molecule has 20 heavy (non-hydrogen) atoms. The van der Waals surface area contributed by atoms with Crippen LogP contribution in [0.2, 0.25) is 5.02 Å². The molecule has 0 aromatic heterocycles. The molecule has 0 unspecified atom stereocenters. The second-order valence-electron chi connectivity index (χ2n) is 4.36. The Morgan fingerprint density at radius 1 is 0.800 bits per heavy atom. The molecule has 0 N–H and O–H groups in total. The first kappa shape index (κ1) is 12.8. The summed E-state index contributed by atoms with van der Waals surface area (Å²) < 4.78 is 5.76. The van der Waals surface area contributed by atoms with E-state index in [9.17, 15) is 0 Å². The standard InChI is InChI=1S/C18H12ClO/c19-16-6-4-5-15(13-16)14-9-11-18(12-10-14)20-17-7-2-1-3-8-17/h1-4,6-13H. The number of halogens is 1. The Hall–Kier alpha value is -2.25. The molecule has 2 heteroatoms. The van der Waals surface area contributed by atoms with Gasteiger partial charge in [0.15, 0.2) is 0 Å². The van der Waals surface area contributed by atoms with Crippen LogP contribution >= 0.6 is 11.6 Å². The highest BCUT2D eigenvalue weighted by molar-refractivity contribution is 6.30. The van der Waals surface area contributed by atoms with E-state index >= 15 is 0 Å². The van der Waals surface area contributed by atoms with E-state index in [0.717, 1.165) is 22.6 Å². The van der Waals surface area contributed by atoms with Gasteiger partial charge in [-0.2, -0.15) is 0 Å². The molecule has 3 aromatic carbocycles. The quantitative estimate of drug-likeness (QED) is 0.606. The number of ether oxygens (including phenoxy) is 1. The molecule has 3 rings (SSSR count). The molecule has 0 aliphatic heterocycles. The minimum Gasteiger partial charge on any atom is -0.457 e. The summed E-state index contributed by atoms with van der Waals surface area (Å²) in [5.74, 6) is 1.64. The maximum atomic E-state index is 5.99. The summed E-state index contributed by atoms with van der Waals surface area (Å²) in [6, 6.07) is 26.3. The number of para-hydroxylation sites is 1. The van der Waals surface area contributed by atoms with Gasteiger partial charge in [-0.25, -0.2) is 0 Å². The molecule has 0 aliphatic carbocycles. The smallest absolute Gasteiger partial charge is 0.127 e. The third-order valence-electron chi connectivity index (χ3n) is 2.91. The van der Waals surface area contributed by atoms with E-state index in [2.05, 4.69) is 6.07 Å². The van der Waals surface area contributed by atoms with Gasteiger partial charge in [-0.3, -0.25) is 0 Å². The molecule has 0 spiro atoms. The van der Waals surface area contributed by atoms with Crippen LogP contribution in [0.3, 0.4) is 0 Å². The Bertz CT molecular complexity index is 690. The Morgan fingerprint density at radius 3 is 2.20 bits per heavy atom. The van der Waals surface area contributed by atoms with Crippen molar-refractivity contribution in [2.24, 2.45) is 0 Å². The van der Waals surface area contributed by atoms with Crippen LogP contribution in [0.25, 0.3) is 11.1 Å². The molecule has 1 radical (unpaired) electrons. The van der Waals surface area contributed by atoms with E-state index in [1.54, 1.807) is 0 Å². The number of rotatable bonds is 3. The Labute approximate surface area is 123 Å². The molecule has 3 aromatic rings. The summed E-state index contributed by atoms with van der Waals surface area (Å²) in [5, 5.41) is 0.711. The van der Waals surface area contributed by atoms with Gasteiger partial charge in [-0.05, 0) is 53.6 Å². The lowest BCUT2D eigenvalue weighted by Gasteiger charge is -2.07. The third kappa shape index (κ3) is 3.01. The zero-order valence-corrected chi connectivity index (χ0v) is 11.5. The van der Waals surface area contributed by atoms with Gasteiger partial charge in [0.2, 0.25) is 0 Å². The zero-order valence-electron chi connectivity index (χ0n) is 10.7. The second kappa shape index (κ2) is 5.81. The molecule has 0 aliphatic rings. The fraction of sp³-hybridized carbons (Fsp3) is 0. The predicted molar refractivity (Wildman–Crippen MR) is 82.2 cm³/mol. The van der Waals surface area contributed by atoms with Crippen LogP contribution < -0.4 is 4.74 Å². The average molecular weight is 280 g/mol. The number of benzene rings is 3. The maximum absolute atomic E-state index is 5.99. The predicted octanol–water partition coefficient (Wildman–Crippen LogP) is 5.60. The van der Waals surface area contributed by atoms with Crippen LogP contribution in [-0.2, 0) is 0 Å². The van der Waals surface area contributed by atoms with Crippen molar-refractivity contribution < 1.29 is 4.74 Å². The first-order chi connectivity index (χ1) is 9.81. The minimum atomic E-state index is 0.711. The van der Waals surface area contributed by atoms with E-state index in [1.165, 1.54) is 0 Å². The van der Waals surface area contributed by atoms with Crippen molar-refractivity contribution in [3.63, 3.8) is 0 Å². The molecule has 0 saturated carbocycles. The monoisotopic (exact) mass is 279 g/mol. The highest BCUT2D eigenvalue weighted by Gasteiger charge is 2.01. The van der Waals surface area contributed by atoms with E-state index in [4.69, 9.17) is 16.3 Å². The second-order valence-corrected chi connectivity index (χ2v) is 4.80. The summed E-state index contributed by atoms with van der Waals surface area (Å²) in [7, 11) is 0.